The number of carbonyl (C=O) groups is 1. The van der Waals surface area contributed by atoms with Crippen LogP contribution in [0.2, 0.25) is 0 Å². The Hall–Kier alpha value is -3.19. The van der Waals surface area contributed by atoms with E-state index in [0.29, 0.717) is 5.56 Å². The molecule has 0 atom stereocenters. The third-order valence-electron chi connectivity index (χ3n) is 4.13. The maximum Gasteiger partial charge on any atom is 0.262 e. The number of nitrogens with two attached hydrogens (primary N) is 1. The Morgan fingerprint density at radius 2 is 1.63 bits per heavy atom. The van der Waals surface area contributed by atoms with Gasteiger partial charge in [0, 0.05) is 16.7 Å². The fraction of sp³-hybridized carbons (Fsp3) is 0.0500. The highest BCUT2D eigenvalue weighted by molar-refractivity contribution is 7.92. The van der Waals surface area contributed by atoms with E-state index >= 15 is 0 Å². The Morgan fingerprint density at radius 3 is 2.30 bits per heavy atom. The van der Waals surface area contributed by atoms with Crippen molar-refractivity contribution in [3.8, 4) is 11.1 Å². The molecule has 138 valence electrons. The standard InChI is InChI=1S/C20H17FN2O3S/c1-13-17(21)11-15(20(22)24)12-18(13)23-27(25,26)19-10-6-5-9-16(19)14-7-3-2-4-8-14/h2-12,23H,1H3,(H2,22,24). The van der Waals surface area contributed by atoms with Crippen LogP contribution in [0.3, 0.4) is 0 Å². The van der Waals surface area contributed by atoms with Gasteiger partial charge in [0.05, 0.1) is 10.6 Å². The summed E-state index contributed by atoms with van der Waals surface area (Å²) in [6.45, 7) is 1.42. The number of rotatable bonds is 5. The Kier molecular flexibility index (Phi) is 4.96. The molecule has 0 bridgehead atoms. The Bertz CT molecular complexity index is 1110. The van der Waals surface area contributed by atoms with Crippen LogP contribution in [0.25, 0.3) is 11.1 Å². The van der Waals surface area contributed by atoms with Crippen molar-refractivity contribution in [3.63, 3.8) is 0 Å². The number of sulfonamides is 1. The molecule has 1 amide bonds. The summed E-state index contributed by atoms with van der Waals surface area (Å²) < 4.78 is 42.4. The molecule has 0 aromatic heterocycles. The highest BCUT2D eigenvalue weighted by Crippen LogP contribution is 2.30. The molecule has 0 aliphatic rings. The number of hydrogen-bond donors (Lipinski definition) is 2. The molecular weight excluding hydrogens is 367 g/mol. The van der Waals surface area contributed by atoms with Gasteiger partial charge in [-0.05, 0) is 30.7 Å². The van der Waals surface area contributed by atoms with E-state index in [1.54, 1.807) is 30.3 Å². The van der Waals surface area contributed by atoms with Gasteiger partial charge in [0.2, 0.25) is 5.91 Å². The number of anilines is 1. The number of halogens is 1. The molecule has 27 heavy (non-hydrogen) atoms. The number of primary amides is 1. The van der Waals surface area contributed by atoms with Gasteiger partial charge < -0.3 is 5.73 Å². The largest absolute Gasteiger partial charge is 0.366 e. The lowest BCUT2D eigenvalue weighted by atomic mass is 10.1. The van der Waals surface area contributed by atoms with Gasteiger partial charge in [0.15, 0.2) is 0 Å². The van der Waals surface area contributed by atoms with E-state index in [1.165, 1.54) is 19.1 Å². The first-order valence-electron chi connectivity index (χ1n) is 8.07. The van der Waals surface area contributed by atoms with Crippen molar-refractivity contribution < 1.29 is 17.6 Å². The van der Waals surface area contributed by atoms with Crippen molar-refractivity contribution in [1.82, 2.24) is 0 Å². The zero-order chi connectivity index (χ0) is 19.6. The number of hydrogen-bond acceptors (Lipinski definition) is 3. The summed E-state index contributed by atoms with van der Waals surface area (Å²) in [5, 5.41) is 0. The minimum absolute atomic E-state index is 0.0355. The maximum absolute atomic E-state index is 14.1. The minimum atomic E-state index is -4.04. The minimum Gasteiger partial charge on any atom is -0.366 e. The Balaban J connectivity index is 2.09. The topological polar surface area (TPSA) is 89.3 Å². The smallest absolute Gasteiger partial charge is 0.262 e. The molecule has 0 saturated carbocycles. The quantitative estimate of drug-likeness (QED) is 0.703. The predicted octanol–water partition coefficient (Wildman–Crippen LogP) is 3.70. The van der Waals surface area contributed by atoms with E-state index in [2.05, 4.69) is 4.72 Å². The first kappa shape index (κ1) is 18.6. The van der Waals surface area contributed by atoms with Crippen LogP contribution in [0.1, 0.15) is 15.9 Å². The summed E-state index contributed by atoms with van der Waals surface area (Å²) in [6, 6.07) is 17.8. The molecular formula is C20H17FN2O3S. The molecule has 0 heterocycles. The van der Waals surface area contributed by atoms with Gasteiger partial charge in [0.1, 0.15) is 5.82 Å². The fourth-order valence-electron chi connectivity index (χ4n) is 2.68. The van der Waals surface area contributed by atoms with Gasteiger partial charge in [-0.15, -0.1) is 0 Å². The normalized spacial score (nSPS) is 11.2. The van der Waals surface area contributed by atoms with Crippen molar-refractivity contribution in [2.45, 2.75) is 11.8 Å². The van der Waals surface area contributed by atoms with Gasteiger partial charge in [-0.25, -0.2) is 12.8 Å². The highest BCUT2D eigenvalue weighted by atomic mass is 32.2. The lowest BCUT2D eigenvalue weighted by molar-refractivity contribution is 0.1000. The van der Waals surface area contributed by atoms with Gasteiger partial charge >= 0.3 is 0 Å². The summed E-state index contributed by atoms with van der Waals surface area (Å²) in [7, 11) is -4.04. The second-order valence-electron chi connectivity index (χ2n) is 5.96. The molecule has 7 heteroatoms. The zero-order valence-electron chi connectivity index (χ0n) is 14.4. The molecule has 3 aromatic carbocycles. The van der Waals surface area contributed by atoms with Crippen LogP contribution in [0, 0.1) is 12.7 Å². The SMILES string of the molecule is Cc1c(F)cc(C(N)=O)cc1NS(=O)(=O)c1ccccc1-c1ccccc1. The number of benzene rings is 3. The summed E-state index contributed by atoms with van der Waals surface area (Å²) >= 11 is 0. The fourth-order valence-corrected chi connectivity index (χ4v) is 4.03. The van der Waals surface area contributed by atoms with Crippen molar-refractivity contribution in [2.24, 2.45) is 5.73 Å². The van der Waals surface area contributed by atoms with Crippen molar-refractivity contribution in [3.05, 3.63) is 83.7 Å². The van der Waals surface area contributed by atoms with Crippen molar-refractivity contribution in [2.75, 3.05) is 4.72 Å². The summed E-state index contributed by atoms with van der Waals surface area (Å²) in [5.41, 5.74) is 6.35. The van der Waals surface area contributed by atoms with Crippen LogP contribution in [-0.4, -0.2) is 14.3 Å². The van der Waals surface area contributed by atoms with E-state index in [9.17, 15) is 17.6 Å². The maximum atomic E-state index is 14.1. The van der Waals surface area contributed by atoms with Crippen molar-refractivity contribution in [1.29, 1.82) is 0 Å². The predicted molar refractivity (Wildman–Crippen MR) is 102 cm³/mol. The molecule has 0 saturated heterocycles. The van der Waals surface area contributed by atoms with Gasteiger partial charge in [-0.2, -0.15) is 0 Å². The molecule has 3 aromatic rings. The van der Waals surface area contributed by atoms with Crippen LogP contribution in [0.5, 0.6) is 0 Å². The van der Waals surface area contributed by atoms with E-state index in [1.807, 2.05) is 18.2 Å². The summed E-state index contributed by atoms with van der Waals surface area (Å²) in [6.07, 6.45) is 0. The highest BCUT2D eigenvalue weighted by Gasteiger charge is 2.21. The van der Waals surface area contributed by atoms with Crippen LogP contribution < -0.4 is 10.5 Å². The zero-order valence-corrected chi connectivity index (χ0v) is 15.3. The summed E-state index contributed by atoms with van der Waals surface area (Å²) in [5.74, 6) is -1.57. The first-order valence-corrected chi connectivity index (χ1v) is 9.55. The van der Waals surface area contributed by atoms with E-state index in [0.717, 1.165) is 11.6 Å². The number of carbonyl (C=O) groups excluding carboxylic acids is 1. The molecule has 3 rings (SSSR count). The molecule has 0 spiro atoms. The second-order valence-corrected chi connectivity index (χ2v) is 7.61. The molecule has 5 nitrogen and oxygen atoms in total. The van der Waals surface area contributed by atoms with E-state index in [-0.39, 0.29) is 21.7 Å². The van der Waals surface area contributed by atoms with Crippen LogP contribution in [0.15, 0.2) is 71.6 Å². The van der Waals surface area contributed by atoms with Gasteiger partial charge in [-0.3, -0.25) is 9.52 Å². The average molecular weight is 384 g/mol. The lowest BCUT2D eigenvalue weighted by Gasteiger charge is -2.15. The second kappa shape index (κ2) is 7.20. The van der Waals surface area contributed by atoms with Gasteiger partial charge in [0.25, 0.3) is 10.0 Å². The molecule has 3 N–H and O–H groups in total. The van der Waals surface area contributed by atoms with Crippen molar-refractivity contribution >= 4 is 21.6 Å². The molecule has 0 radical (unpaired) electrons. The van der Waals surface area contributed by atoms with Gasteiger partial charge in [-0.1, -0.05) is 48.5 Å². The van der Waals surface area contributed by atoms with Crippen LogP contribution in [-0.2, 0) is 10.0 Å². The number of nitrogens with one attached hydrogen (secondary N) is 1. The Labute approximate surface area is 156 Å². The molecule has 0 unspecified atom stereocenters. The third kappa shape index (κ3) is 3.83. The average Bonchev–Trinajstić information content (AvgIpc) is 2.65. The number of amides is 1. The van der Waals surface area contributed by atoms with Crippen LogP contribution in [0.4, 0.5) is 10.1 Å². The molecule has 0 aliphatic carbocycles. The Morgan fingerprint density at radius 1 is 1.00 bits per heavy atom. The van der Waals surface area contributed by atoms with Crippen LogP contribution >= 0.6 is 0 Å². The first-order chi connectivity index (χ1) is 12.8. The monoisotopic (exact) mass is 384 g/mol. The molecule has 0 fully saturated rings. The lowest BCUT2D eigenvalue weighted by Crippen LogP contribution is -2.17. The van der Waals surface area contributed by atoms with E-state index in [4.69, 9.17) is 5.73 Å². The summed E-state index contributed by atoms with van der Waals surface area (Å²) in [4.78, 5) is 11.4. The molecule has 0 aliphatic heterocycles. The van der Waals surface area contributed by atoms with E-state index < -0.39 is 21.7 Å². The third-order valence-corrected chi connectivity index (χ3v) is 5.56.